The summed E-state index contributed by atoms with van der Waals surface area (Å²) in [7, 11) is 0. The van der Waals surface area contributed by atoms with E-state index in [2.05, 4.69) is 19.2 Å². The molecule has 3 aliphatic rings. The SMILES string of the molecule is CC(C)(C)OC(=O)N[C@@H]1[C@@H](CC=CCO)C[C@H]2C[C@@H]1C2(C)C. The van der Waals surface area contributed by atoms with Gasteiger partial charge in [-0.05, 0) is 63.2 Å². The van der Waals surface area contributed by atoms with E-state index in [0.29, 0.717) is 17.3 Å². The lowest BCUT2D eigenvalue weighted by Gasteiger charge is -2.62. The molecule has 3 rings (SSSR count). The first-order chi connectivity index (χ1) is 10.1. The maximum Gasteiger partial charge on any atom is 0.407 e. The van der Waals surface area contributed by atoms with E-state index in [1.807, 2.05) is 26.8 Å². The summed E-state index contributed by atoms with van der Waals surface area (Å²) in [6.45, 7) is 10.4. The van der Waals surface area contributed by atoms with Crippen molar-refractivity contribution < 1.29 is 14.6 Å². The molecule has 4 atom stereocenters. The molecule has 0 saturated heterocycles. The Morgan fingerprint density at radius 1 is 1.32 bits per heavy atom. The second-order valence-electron chi connectivity index (χ2n) is 8.42. The number of fused-ring (bicyclic) bond motifs is 2. The number of ether oxygens (including phenoxy) is 1. The molecule has 0 radical (unpaired) electrons. The molecule has 1 amide bonds. The first kappa shape index (κ1) is 17.3. The molecule has 0 aromatic carbocycles. The number of hydrogen-bond donors (Lipinski definition) is 2. The highest BCUT2D eigenvalue weighted by atomic mass is 16.6. The van der Waals surface area contributed by atoms with Crippen molar-refractivity contribution in [2.45, 2.75) is 65.5 Å². The smallest absolute Gasteiger partial charge is 0.407 e. The molecule has 0 aromatic heterocycles. The van der Waals surface area contributed by atoms with Gasteiger partial charge < -0.3 is 15.2 Å². The Kier molecular flexibility index (Phi) is 4.90. The van der Waals surface area contributed by atoms with Crippen LogP contribution in [0.4, 0.5) is 4.79 Å². The highest BCUT2D eigenvalue weighted by molar-refractivity contribution is 5.68. The maximum absolute atomic E-state index is 12.2. The molecule has 0 heterocycles. The van der Waals surface area contributed by atoms with Crippen molar-refractivity contribution >= 4 is 6.09 Å². The van der Waals surface area contributed by atoms with Crippen molar-refractivity contribution in [3.8, 4) is 0 Å². The topological polar surface area (TPSA) is 58.6 Å². The summed E-state index contributed by atoms with van der Waals surface area (Å²) < 4.78 is 5.44. The lowest BCUT2D eigenvalue weighted by atomic mass is 9.44. The largest absolute Gasteiger partial charge is 0.444 e. The third kappa shape index (κ3) is 3.65. The number of amides is 1. The summed E-state index contributed by atoms with van der Waals surface area (Å²) in [5, 5.41) is 12.0. The number of rotatable bonds is 4. The molecule has 3 fully saturated rings. The quantitative estimate of drug-likeness (QED) is 0.781. The fourth-order valence-corrected chi connectivity index (χ4v) is 4.16. The average Bonchev–Trinajstić information content (AvgIpc) is 2.37. The zero-order valence-electron chi connectivity index (χ0n) is 14.6. The molecule has 22 heavy (non-hydrogen) atoms. The Morgan fingerprint density at radius 2 is 2.00 bits per heavy atom. The van der Waals surface area contributed by atoms with E-state index >= 15 is 0 Å². The van der Waals surface area contributed by atoms with Crippen molar-refractivity contribution in [3.63, 3.8) is 0 Å². The number of hydrogen-bond acceptors (Lipinski definition) is 3. The minimum Gasteiger partial charge on any atom is -0.444 e. The number of carbonyl (C=O) groups excluding carboxylic acids is 1. The van der Waals surface area contributed by atoms with Crippen molar-refractivity contribution in [1.29, 1.82) is 0 Å². The lowest BCUT2D eigenvalue weighted by Crippen LogP contribution is -2.63. The third-order valence-corrected chi connectivity index (χ3v) is 5.47. The molecule has 0 aromatic rings. The number of aliphatic hydroxyl groups excluding tert-OH is 1. The highest BCUT2D eigenvalue weighted by Gasteiger charge is 2.57. The van der Waals surface area contributed by atoms with E-state index in [0.717, 1.165) is 18.8 Å². The van der Waals surface area contributed by atoms with Crippen LogP contribution in [0.15, 0.2) is 12.2 Å². The Hall–Kier alpha value is -1.03. The first-order valence-electron chi connectivity index (χ1n) is 8.40. The van der Waals surface area contributed by atoms with Gasteiger partial charge in [0.1, 0.15) is 5.60 Å². The van der Waals surface area contributed by atoms with Gasteiger partial charge in [-0.1, -0.05) is 26.0 Å². The van der Waals surface area contributed by atoms with Crippen molar-refractivity contribution in [2.75, 3.05) is 6.61 Å². The fraction of sp³-hybridized carbons (Fsp3) is 0.833. The van der Waals surface area contributed by atoms with Crippen molar-refractivity contribution in [1.82, 2.24) is 5.32 Å². The van der Waals surface area contributed by atoms with E-state index in [4.69, 9.17) is 9.84 Å². The molecule has 0 aliphatic heterocycles. The van der Waals surface area contributed by atoms with Gasteiger partial charge in [0.2, 0.25) is 0 Å². The van der Waals surface area contributed by atoms with Crippen LogP contribution in [0.5, 0.6) is 0 Å². The van der Waals surface area contributed by atoms with Gasteiger partial charge in [-0.2, -0.15) is 0 Å². The van der Waals surface area contributed by atoms with E-state index in [9.17, 15) is 4.79 Å². The van der Waals surface area contributed by atoms with E-state index < -0.39 is 5.60 Å². The average molecular weight is 309 g/mol. The molecule has 2 bridgehead atoms. The highest BCUT2D eigenvalue weighted by Crippen LogP contribution is 2.61. The fourth-order valence-electron chi connectivity index (χ4n) is 4.16. The number of allylic oxidation sites excluding steroid dienone is 1. The van der Waals surface area contributed by atoms with E-state index in [-0.39, 0.29) is 18.7 Å². The van der Waals surface area contributed by atoms with Crippen LogP contribution in [-0.2, 0) is 4.74 Å². The molecule has 4 nitrogen and oxygen atoms in total. The Balaban J connectivity index is 2.04. The standard InChI is InChI=1S/C18H31NO3/c1-17(2,3)22-16(21)19-15-12(8-6-7-9-20)10-13-11-14(15)18(13,4)5/h6-7,12-15,20H,8-11H2,1-5H3,(H,19,21)/t12-,13-,14-,15+/m0/s1. The van der Waals surface area contributed by atoms with Gasteiger partial charge in [-0.25, -0.2) is 4.79 Å². The zero-order chi connectivity index (χ0) is 16.5. The summed E-state index contributed by atoms with van der Waals surface area (Å²) in [6, 6.07) is 0.165. The summed E-state index contributed by atoms with van der Waals surface area (Å²) in [4.78, 5) is 12.2. The van der Waals surface area contributed by atoms with Gasteiger partial charge in [0.25, 0.3) is 0 Å². The molecule has 0 spiro atoms. The predicted octanol–water partition coefficient (Wildman–Crippen LogP) is 3.50. The maximum atomic E-state index is 12.2. The van der Waals surface area contributed by atoms with Crippen molar-refractivity contribution in [3.05, 3.63) is 12.2 Å². The molecular weight excluding hydrogens is 278 g/mol. The summed E-state index contributed by atoms with van der Waals surface area (Å²) in [6.07, 6.45) is 6.76. The number of aliphatic hydroxyl groups is 1. The van der Waals surface area contributed by atoms with Crippen LogP contribution in [0.3, 0.4) is 0 Å². The van der Waals surface area contributed by atoms with Gasteiger partial charge in [-0.15, -0.1) is 0 Å². The first-order valence-corrected chi connectivity index (χ1v) is 8.40. The number of carbonyl (C=O) groups is 1. The van der Waals surface area contributed by atoms with Crippen LogP contribution in [0.2, 0.25) is 0 Å². The molecule has 3 saturated carbocycles. The Bertz CT molecular complexity index is 436. The normalized spacial score (nSPS) is 33.4. The van der Waals surface area contributed by atoms with Crippen LogP contribution in [0.25, 0.3) is 0 Å². The van der Waals surface area contributed by atoms with Gasteiger partial charge in [0, 0.05) is 6.04 Å². The van der Waals surface area contributed by atoms with Gasteiger partial charge >= 0.3 is 6.09 Å². The molecule has 0 unspecified atom stereocenters. The monoisotopic (exact) mass is 309 g/mol. The molecule has 2 N–H and O–H groups in total. The van der Waals surface area contributed by atoms with Crippen LogP contribution in [-0.4, -0.2) is 29.4 Å². The van der Waals surface area contributed by atoms with Gasteiger partial charge in [0.05, 0.1) is 6.61 Å². The molecule has 4 heteroatoms. The molecule has 126 valence electrons. The van der Waals surface area contributed by atoms with Gasteiger partial charge in [-0.3, -0.25) is 0 Å². The van der Waals surface area contributed by atoms with Crippen LogP contribution >= 0.6 is 0 Å². The second-order valence-corrected chi connectivity index (χ2v) is 8.42. The van der Waals surface area contributed by atoms with Crippen LogP contribution in [0.1, 0.15) is 53.9 Å². The molecule has 3 aliphatic carbocycles. The Labute approximate surface area is 134 Å². The minimum atomic E-state index is -0.470. The number of nitrogens with one attached hydrogen (secondary N) is 1. The van der Waals surface area contributed by atoms with E-state index in [1.54, 1.807) is 6.08 Å². The van der Waals surface area contributed by atoms with Gasteiger partial charge in [0.15, 0.2) is 0 Å². The van der Waals surface area contributed by atoms with Crippen LogP contribution < -0.4 is 5.32 Å². The summed E-state index contributed by atoms with van der Waals surface area (Å²) >= 11 is 0. The second kappa shape index (κ2) is 6.23. The van der Waals surface area contributed by atoms with Crippen molar-refractivity contribution in [2.24, 2.45) is 23.2 Å². The molecular formula is C18H31NO3. The lowest BCUT2D eigenvalue weighted by molar-refractivity contribution is -0.113. The third-order valence-electron chi connectivity index (χ3n) is 5.47. The zero-order valence-corrected chi connectivity index (χ0v) is 14.6. The predicted molar refractivity (Wildman–Crippen MR) is 87.5 cm³/mol. The minimum absolute atomic E-state index is 0.0786. The Morgan fingerprint density at radius 3 is 2.55 bits per heavy atom. The summed E-state index contributed by atoms with van der Waals surface area (Å²) in [5.74, 6) is 1.71. The van der Waals surface area contributed by atoms with Crippen LogP contribution in [0, 0.1) is 23.2 Å². The van der Waals surface area contributed by atoms with E-state index in [1.165, 1.54) is 6.42 Å². The number of alkyl carbamates (subject to hydrolysis) is 1. The summed E-state index contributed by atoms with van der Waals surface area (Å²) in [5.41, 5.74) is -0.167.